The van der Waals surface area contributed by atoms with Crippen LogP contribution < -0.4 is 5.32 Å². The van der Waals surface area contributed by atoms with Crippen LogP contribution in [0.4, 0.5) is 4.79 Å². The molecule has 2 rings (SSSR count). The Kier molecular flexibility index (Phi) is 3.47. The van der Waals surface area contributed by atoms with E-state index < -0.39 is 23.1 Å². The Balaban J connectivity index is 2.17. The average Bonchev–Trinajstić information content (AvgIpc) is 2.67. The van der Waals surface area contributed by atoms with Gasteiger partial charge in [0.2, 0.25) is 0 Å². The molecule has 2 saturated heterocycles. The summed E-state index contributed by atoms with van der Waals surface area (Å²) in [5.41, 5.74) is -1.41. The molecular weight excluding hydrogens is 248 g/mol. The summed E-state index contributed by atoms with van der Waals surface area (Å²) >= 11 is 0. The van der Waals surface area contributed by atoms with Crippen LogP contribution >= 0.6 is 0 Å². The fraction of sp³-hybridized carbons (Fsp3) is 0.846. The largest absolute Gasteiger partial charge is 0.481 e. The zero-order chi connectivity index (χ0) is 14.3. The van der Waals surface area contributed by atoms with Crippen molar-refractivity contribution in [2.75, 3.05) is 19.6 Å². The van der Waals surface area contributed by atoms with Crippen LogP contribution in [-0.4, -0.2) is 53.3 Å². The minimum Gasteiger partial charge on any atom is -0.481 e. The maximum atomic E-state index is 12.2. The molecular formula is C13H22N2O4. The molecule has 19 heavy (non-hydrogen) atoms. The summed E-state index contributed by atoms with van der Waals surface area (Å²) in [6.07, 6.45) is 0.743. The number of carboxylic acids is 1. The Labute approximate surface area is 113 Å². The molecule has 6 heteroatoms. The molecule has 2 unspecified atom stereocenters. The van der Waals surface area contributed by atoms with E-state index in [9.17, 15) is 14.7 Å². The van der Waals surface area contributed by atoms with Crippen LogP contribution in [0, 0.1) is 5.41 Å². The number of rotatable bonds is 1. The third-order valence-corrected chi connectivity index (χ3v) is 3.90. The van der Waals surface area contributed by atoms with Gasteiger partial charge in [-0.2, -0.15) is 0 Å². The topological polar surface area (TPSA) is 78.9 Å². The predicted octanol–water partition coefficient (Wildman–Crippen LogP) is 1.06. The van der Waals surface area contributed by atoms with Gasteiger partial charge in [0.05, 0.1) is 6.04 Å². The summed E-state index contributed by atoms with van der Waals surface area (Å²) in [4.78, 5) is 25.4. The molecule has 0 radical (unpaired) electrons. The lowest BCUT2D eigenvalue weighted by Gasteiger charge is -2.39. The number of piperidine rings is 1. The summed E-state index contributed by atoms with van der Waals surface area (Å²) in [5.74, 6) is -0.823. The highest BCUT2D eigenvalue weighted by molar-refractivity contribution is 5.79. The fourth-order valence-electron chi connectivity index (χ4n) is 2.99. The fourth-order valence-corrected chi connectivity index (χ4v) is 2.99. The monoisotopic (exact) mass is 270 g/mol. The number of ether oxygens (including phenoxy) is 1. The van der Waals surface area contributed by atoms with Gasteiger partial charge < -0.3 is 20.1 Å². The molecule has 0 aromatic rings. The van der Waals surface area contributed by atoms with E-state index >= 15 is 0 Å². The number of carbonyl (C=O) groups is 2. The van der Waals surface area contributed by atoms with Gasteiger partial charge >= 0.3 is 12.1 Å². The van der Waals surface area contributed by atoms with Crippen molar-refractivity contribution < 1.29 is 19.4 Å². The molecule has 2 aliphatic rings. The Morgan fingerprint density at radius 1 is 1.42 bits per heavy atom. The van der Waals surface area contributed by atoms with Crippen molar-refractivity contribution in [3.63, 3.8) is 0 Å². The molecule has 2 aliphatic heterocycles. The molecule has 2 heterocycles. The molecule has 108 valence electrons. The van der Waals surface area contributed by atoms with E-state index in [4.69, 9.17) is 4.74 Å². The molecule has 0 saturated carbocycles. The minimum atomic E-state index is -0.852. The smallest absolute Gasteiger partial charge is 0.410 e. The van der Waals surface area contributed by atoms with Crippen molar-refractivity contribution in [3.05, 3.63) is 0 Å². The number of aliphatic carboxylic acids is 1. The Morgan fingerprint density at radius 2 is 2.11 bits per heavy atom. The number of hydrogen-bond acceptors (Lipinski definition) is 4. The molecule has 6 nitrogen and oxygen atoms in total. The SMILES string of the molecule is CC(C)(C)OC(=O)N1CCC2(C(=O)O)CNCCC12. The molecule has 0 bridgehead atoms. The summed E-state index contributed by atoms with van der Waals surface area (Å²) in [6, 6.07) is -0.263. The van der Waals surface area contributed by atoms with E-state index in [0.29, 0.717) is 25.9 Å². The highest BCUT2D eigenvalue weighted by atomic mass is 16.6. The number of nitrogens with one attached hydrogen (secondary N) is 1. The lowest BCUT2D eigenvalue weighted by Crippen LogP contribution is -2.56. The molecule has 0 spiro atoms. The van der Waals surface area contributed by atoms with Crippen molar-refractivity contribution >= 4 is 12.1 Å². The number of hydrogen-bond donors (Lipinski definition) is 2. The van der Waals surface area contributed by atoms with Gasteiger partial charge in [0, 0.05) is 13.1 Å². The number of carbonyl (C=O) groups excluding carboxylic acids is 1. The summed E-state index contributed by atoms with van der Waals surface area (Å²) < 4.78 is 5.37. The minimum absolute atomic E-state index is 0.263. The van der Waals surface area contributed by atoms with Crippen molar-refractivity contribution in [1.82, 2.24) is 10.2 Å². The van der Waals surface area contributed by atoms with Gasteiger partial charge in [0.1, 0.15) is 11.0 Å². The van der Waals surface area contributed by atoms with E-state index in [0.717, 1.165) is 6.54 Å². The number of fused-ring (bicyclic) bond motifs is 1. The van der Waals surface area contributed by atoms with E-state index in [1.807, 2.05) is 20.8 Å². The maximum Gasteiger partial charge on any atom is 0.410 e. The third-order valence-electron chi connectivity index (χ3n) is 3.90. The zero-order valence-electron chi connectivity index (χ0n) is 11.7. The molecule has 0 aliphatic carbocycles. The first kappa shape index (κ1) is 14.1. The second kappa shape index (κ2) is 4.67. The quantitative estimate of drug-likeness (QED) is 0.745. The lowest BCUT2D eigenvalue weighted by molar-refractivity contribution is -0.151. The van der Waals surface area contributed by atoms with Crippen molar-refractivity contribution in [2.45, 2.75) is 45.3 Å². The van der Waals surface area contributed by atoms with E-state index in [1.165, 1.54) is 0 Å². The van der Waals surface area contributed by atoms with Gasteiger partial charge in [-0.1, -0.05) is 0 Å². The summed E-state index contributed by atoms with van der Waals surface area (Å²) in [6.45, 7) is 7.05. The zero-order valence-corrected chi connectivity index (χ0v) is 11.7. The van der Waals surface area contributed by atoms with Gasteiger partial charge in [-0.3, -0.25) is 4.79 Å². The first-order valence-electron chi connectivity index (χ1n) is 6.70. The van der Waals surface area contributed by atoms with Crippen LogP contribution in [0.5, 0.6) is 0 Å². The van der Waals surface area contributed by atoms with Crippen molar-refractivity contribution in [3.8, 4) is 0 Å². The summed E-state index contributed by atoms with van der Waals surface area (Å²) in [5, 5.41) is 12.6. The average molecular weight is 270 g/mol. The van der Waals surface area contributed by atoms with Crippen molar-refractivity contribution in [2.24, 2.45) is 5.41 Å². The molecule has 2 atom stereocenters. The van der Waals surface area contributed by atoms with Crippen LogP contribution in [-0.2, 0) is 9.53 Å². The van der Waals surface area contributed by atoms with Gasteiger partial charge in [0.15, 0.2) is 0 Å². The second-order valence-corrected chi connectivity index (χ2v) is 6.37. The first-order chi connectivity index (χ1) is 8.76. The van der Waals surface area contributed by atoms with Gasteiger partial charge in [-0.05, 0) is 40.2 Å². The van der Waals surface area contributed by atoms with E-state index in [2.05, 4.69) is 5.32 Å². The van der Waals surface area contributed by atoms with Crippen LogP contribution in [0.25, 0.3) is 0 Å². The lowest BCUT2D eigenvalue weighted by atomic mass is 9.76. The number of likely N-dealkylation sites (tertiary alicyclic amines) is 1. The van der Waals surface area contributed by atoms with Crippen LogP contribution in [0.2, 0.25) is 0 Å². The number of amides is 1. The third kappa shape index (κ3) is 2.54. The molecule has 0 aromatic heterocycles. The van der Waals surface area contributed by atoms with E-state index in [-0.39, 0.29) is 6.04 Å². The van der Waals surface area contributed by atoms with Crippen molar-refractivity contribution in [1.29, 1.82) is 0 Å². The van der Waals surface area contributed by atoms with Gasteiger partial charge in [-0.15, -0.1) is 0 Å². The Bertz CT molecular complexity index is 391. The molecule has 2 fully saturated rings. The number of nitrogens with zero attached hydrogens (tertiary/aromatic N) is 1. The predicted molar refractivity (Wildman–Crippen MR) is 68.9 cm³/mol. The summed E-state index contributed by atoms with van der Waals surface area (Å²) in [7, 11) is 0. The standard InChI is InChI=1S/C13H22N2O4/c1-12(2,3)19-11(18)15-7-5-13(10(16)17)8-14-6-4-9(13)15/h9,14H,4-8H2,1-3H3,(H,16,17). The van der Waals surface area contributed by atoms with Crippen LogP contribution in [0.3, 0.4) is 0 Å². The Hall–Kier alpha value is -1.30. The van der Waals surface area contributed by atoms with Crippen LogP contribution in [0.1, 0.15) is 33.6 Å². The van der Waals surface area contributed by atoms with Crippen LogP contribution in [0.15, 0.2) is 0 Å². The van der Waals surface area contributed by atoms with E-state index in [1.54, 1.807) is 4.90 Å². The molecule has 1 amide bonds. The van der Waals surface area contributed by atoms with Gasteiger partial charge in [0.25, 0.3) is 0 Å². The first-order valence-corrected chi connectivity index (χ1v) is 6.70. The van der Waals surface area contributed by atoms with Gasteiger partial charge in [-0.25, -0.2) is 4.79 Å². The normalized spacial score (nSPS) is 30.9. The molecule has 0 aromatic carbocycles. The number of carboxylic acid groups (broad SMARTS) is 1. The highest BCUT2D eigenvalue weighted by Gasteiger charge is 2.56. The second-order valence-electron chi connectivity index (χ2n) is 6.37. The highest BCUT2D eigenvalue weighted by Crippen LogP contribution is 2.41. The Morgan fingerprint density at radius 3 is 2.68 bits per heavy atom. The maximum absolute atomic E-state index is 12.2. The molecule has 2 N–H and O–H groups in total.